The number of carbonyl (C=O) groups is 2. The van der Waals surface area contributed by atoms with Gasteiger partial charge in [-0.15, -0.1) is 5.56 Å². The monoisotopic (exact) mass is 442 g/mol. The number of hydrogen-bond donors (Lipinski definition) is 1. The van der Waals surface area contributed by atoms with E-state index in [0.29, 0.717) is 18.4 Å². The van der Waals surface area contributed by atoms with E-state index < -0.39 is 5.91 Å². The molecule has 3 nitrogen and oxygen atoms in total. The third-order valence-electron chi connectivity index (χ3n) is 1.97. The van der Waals surface area contributed by atoms with Crippen LogP contribution in [-0.2, 0) is 11.2 Å². The van der Waals surface area contributed by atoms with E-state index in [0.717, 1.165) is 5.56 Å². The fourth-order valence-corrected chi connectivity index (χ4v) is 1.22. The topological polar surface area (TPSA) is 60.2 Å². The third-order valence-corrected chi connectivity index (χ3v) is 1.97. The summed E-state index contributed by atoms with van der Waals surface area (Å²) in [6.45, 7) is 1.53. The van der Waals surface area contributed by atoms with Crippen LogP contribution in [0.25, 0.3) is 0 Å². The Morgan fingerprint density at radius 1 is 1.47 bits per heavy atom. The van der Waals surface area contributed by atoms with Crippen molar-refractivity contribution in [3.05, 3.63) is 35.4 Å². The second kappa shape index (κ2) is 5.17. The minimum absolute atomic E-state index is 0. The molecule has 0 unspecified atom stereocenters. The van der Waals surface area contributed by atoms with Gasteiger partial charge in [-0.1, -0.05) is 5.56 Å². The van der Waals surface area contributed by atoms with Crippen molar-refractivity contribution in [3.8, 4) is 0 Å². The number of hydrogen-bond acceptors (Lipinski definition) is 2. The van der Waals surface area contributed by atoms with Crippen molar-refractivity contribution >= 4 is 11.7 Å². The molecule has 1 rings (SSSR count). The number of ketones is 1. The van der Waals surface area contributed by atoms with Gasteiger partial charge in [0.1, 0.15) is 5.78 Å². The van der Waals surface area contributed by atoms with E-state index in [9.17, 15) is 9.59 Å². The van der Waals surface area contributed by atoms with Gasteiger partial charge in [0.15, 0.2) is 5.91 Å². The maximum absolute atomic E-state index is 11.0. The number of primary amides is 1. The Morgan fingerprint density at radius 3 is 2.67 bits per heavy atom. The molecule has 0 bridgehead atoms. The molecule has 1 aromatic rings. The van der Waals surface area contributed by atoms with Gasteiger partial charge in [-0.25, -0.2) is 0 Å². The van der Waals surface area contributed by atoms with Crippen molar-refractivity contribution in [1.82, 2.24) is 0 Å². The maximum atomic E-state index is 11.0. The van der Waals surface area contributed by atoms with Gasteiger partial charge >= 0.3 is 0 Å². The van der Waals surface area contributed by atoms with E-state index in [2.05, 4.69) is 6.07 Å². The van der Waals surface area contributed by atoms with Crippen LogP contribution in [0.3, 0.4) is 0 Å². The van der Waals surface area contributed by atoms with Crippen LogP contribution in [-0.4, -0.2) is 11.7 Å². The Balaban J connectivity index is 0.00000196. The Bertz CT molecular complexity index is 363. The molecule has 15 heavy (non-hydrogen) atoms. The number of carbonyl (C=O) groups excluding carboxylic acids is 2. The summed E-state index contributed by atoms with van der Waals surface area (Å²) >= 11 is 0. The van der Waals surface area contributed by atoms with Crippen LogP contribution < -0.4 is 5.73 Å². The Hall–Kier alpha value is -2.64. The summed E-state index contributed by atoms with van der Waals surface area (Å²) < 4.78 is 0. The second-order valence-electron chi connectivity index (χ2n) is 3.15. The summed E-state index contributed by atoms with van der Waals surface area (Å²) in [5.41, 5.74) is 6.44. The summed E-state index contributed by atoms with van der Waals surface area (Å²) in [4.78, 5) is 21.8. The fraction of sp³-hybridized carbons (Fsp3) is 0.273. The first-order valence-electron chi connectivity index (χ1n) is 4.39. The summed E-state index contributed by atoms with van der Waals surface area (Å²) in [7, 11) is 0. The van der Waals surface area contributed by atoms with Crippen molar-refractivity contribution in [1.29, 1.82) is 0 Å². The summed E-state index contributed by atoms with van der Waals surface area (Å²) in [6, 6.07) is 7.82. The molecule has 0 aliphatic rings. The van der Waals surface area contributed by atoms with Gasteiger partial charge in [-0.3, -0.25) is 4.79 Å². The summed E-state index contributed by atoms with van der Waals surface area (Å²) in [5.74, 6) is -0.367. The molecule has 4 heteroatoms. The zero-order valence-electron chi connectivity index (χ0n) is 8.34. The molecule has 0 saturated heterocycles. The first-order valence-corrected chi connectivity index (χ1v) is 4.39. The van der Waals surface area contributed by atoms with E-state index in [4.69, 9.17) is 5.73 Å². The number of benzene rings is 1. The minimum Gasteiger partial charge on any atom is -0.376 e. The van der Waals surface area contributed by atoms with Crippen molar-refractivity contribution in [2.75, 3.05) is 0 Å². The average Bonchev–Trinajstić information content (AvgIpc) is 2.15. The quantitative estimate of drug-likeness (QED) is 0.711. The van der Waals surface area contributed by atoms with E-state index in [1.807, 2.05) is 0 Å². The third kappa shape index (κ3) is 3.30. The smallest absolute Gasteiger partial charge is 0.193 e. The van der Waals surface area contributed by atoms with Crippen LogP contribution in [0, 0.1) is 6.07 Å². The molecule has 85 valence electrons. The van der Waals surface area contributed by atoms with Crippen LogP contribution in [0.4, 0.5) is 0 Å². The number of Topliss-reactive ketones (excluding diaryl/α,β-unsaturated/α-hetero) is 1. The number of amides is 1. The van der Waals surface area contributed by atoms with E-state index in [-0.39, 0.29) is 5.78 Å². The molecule has 0 aliphatic heterocycles. The van der Waals surface area contributed by atoms with Crippen molar-refractivity contribution in [2.24, 2.45) is 5.73 Å². The standard InChI is InChI=1S/C11H12NO2.Es/c1-8(13)6-7-9-4-2-3-5-10(9)11(12)14;/h2,4-5H,6-7H2,1H3,(H2,12,14);/q-1;. The molecule has 1 radical (unpaired) electrons. The molecule has 0 aromatic heterocycles. The van der Waals surface area contributed by atoms with Gasteiger partial charge in [0.25, 0.3) is 0 Å². The molecule has 0 saturated carbocycles. The molecular weight excluding hydrogens is 430 g/mol. The average molecular weight is 442 g/mol. The molecule has 0 aliphatic carbocycles. The molecular formula is C11H12EsNO2-. The summed E-state index contributed by atoms with van der Waals surface area (Å²) in [6.07, 6.45) is 0.993. The number of nitrogens with two attached hydrogens (primary N) is 1. The molecule has 0 heterocycles. The molecule has 1 amide bonds. The first-order chi connectivity index (χ1) is 6.61. The predicted octanol–water partition coefficient (Wildman–Crippen LogP) is 1.11. The van der Waals surface area contributed by atoms with E-state index in [1.54, 1.807) is 18.2 Å². The van der Waals surface area contributed by atoms with Crippen LogP contribution in [0.5, 0.6) is 0 Å². The maximum Gasteiger partial charge on any atom is 0.193 e. The Kier molecular flexibility index (Phi) is 4.26. The second-order valence-corrected chi connectivity index (χ2v) is 3.15. The van der Waals surface area contributed by atoms with Crippen molar-refractivity contribution < 1.29 is 9.59 Å². The van der Waals surface area contributed by atoms with Crippen LogP contribution in [0.1, 0.15) is 29.3 Å². The molecule has 0 spiro atoms. The predicted molar refractivity (Wildman–Crippen MR) is 52.8 cm³/mol. The normalized spacial score (nSPS) is 9.13. The van der Waals surface area contributed by atoms with Gasteiger partial charge < -0.3 is 10.5 Å². The van der Waals surface area contributed by atoms with Gasteiger partial charge in [-0.05, 0) is 13.3 Å². The van der Waals surface area contributed by atoms with Gasteiger partial charge in [-0.2, -0.15) is 24.3 Å². The van der Waals surface area contributed by atoms with Crippen molar-refractivity contribution in [3.63, 3.8) is 0 Å². The Morgan fingerprint density at radius 2 is 2.13 bits per heavy atom. The van der Waals surface area contributed by atoms with Crippen LogP contribution >= 0.6 is 0 Å². The van der Waals surface area contributed by atoms with Crippen molar-refractivity contribution in [2.45, 2.75) is 19.8 Å². The molecule has 0 fully saturated rings. The van der Waals surface area contributed by atoms with E-state index in [1.165, 1.54) is 6.92 Å². The number of rotatable bonds is 4. The van der Waals surface area contributed by atoms with Crippen LogP contribution in [0.15, 0.2) is 18.2 Å². The zero-order chi connectivity index (χ0) is 10.6. The van der Waals surface area contributed by atoms with Crippen LogP contribution in [0.2, 0.25) is 0 Å². The Labute approximate surface area is 82.9 Å². The molecule has 0 atom stereocenters. The number of aryl methyl sites for hydroxylation is 1. The van der Waals surface area contributed by atoms with Gasteiger partial charge in [0.05, 0.1) is 0 Å². The first kappa shape index (κ1) is 12.4. The molecule has 1 aromatic carbocycles. The van der Waals surface area contributed by atoms with E-state index >= 15 is 0 Å². The van der Waals surface area contributed by atoms with Gasteiger partial charge in [0, 0.05) is 6.42 Å². The molecule has 2 N–H and O–H groups in total. The SMILES string of the molecule is CC(=O)CCc1cc[c-]cc1C(N)=O.[Es]. The largest absolute Gasteiger partial charge is 0.376 e. The van der Waals surface area contributed by atoms with Gasteiger partial charge in [0.2, 0.25) is 0 Å². The zero-order valence-corrected chi connectivity index (χ0v) is 10.9. The minimum atomic E-state index is -0.472. The summed E-state index contributed by atoms with van der Waals surface area (Å²) in [5, 5.41) is 0. The fourth-order valence-electron chi connectivity index (χ4n) is 1.22.